The van der Waals surface area contributed by atoms with E-state index in [2.05, 4.69) is 40.3 Å². The van der Waals surface area contributed by atoms with Crippen molar-refractivity contribution >= 4 is 0 Å². The van der Waals surface area contributed by atoms with Crippen LogP contribution in [0.3, 0.4) is 0 Å². The average Bonchev–Trinajstić information content (AvgIpc) is 3.74. The molecule has 7 rings (SSSR count). The molecule has 6 aromatic heterocycles. The van der Waals surface area contributed by atoms with Crippen molar-refractivity contribution in [3.63, 3.8) is 0 Å². The second-order valence-electron chi connectivity index (χ2n) is 8.65. The molecular weight excluding hydrogens is 504 g/mol. The Balaban J connectivity index is 1.15. The summed E-state index contributed by atoms with van der Waals surface area (Å²) in [4.78, 5) is 18.0. The highest BCUT2D eigenvalue weighted by molar-refractivity contribution is 5.66. The van der Waals surface area contributed by atoms with E-state index in [0.717, 1.165) is 11.4 Å². The summed E-state index contributed by atoms with van der Waals surface area (Å²) in [6.45, 7) is 0. The zero-order valence-corrected chi connectivity index (χ0v) is 20.8. The number of nitrogens with zero attached hydrogens (tertiary/aromatic N) is 8. The van der Waals surface area contributed by atoms with Gasteiger partial charge in [0.2, 0.25) is 11.8 Å². The van der Waals surface area contributed by atoms with Crippen molar-refractivity contribution in [2.75, 3.05) is 0 Å². The fourth-order valence-corrected chi connectivity index (χ4v) is 4.09. The van der Waals surface area contributed by atoms with Gasteiger partial charge in [0, 0.05) is 23.5 Å². The van der Waals surface area contributed by atoms with E-state index >= 15 is 0 Å². The lowest BCUT2D eigenvalue weighted by atomic mass is 10.1. The number of hydrogen-bond donors (Lipinski definition) is 0. The number of benzene rings is 1. The molecule has 0 saturated carbocycles. The van der Waals surface area contributed by atoms with Crippen LogP contribution in [0.5, 0.6) is 0 Å². The number of pyridine rings is 4. The Hall–Kier alpha value is -5.90. The number of rotatable bonds is 6. The molecule has 0 spiro atoms. The lowest BCUT2D eigenvalue weighted by molar-refractivity contribution is 0.580. The molecule has 0 bridgehead atoms. The van der Waals surface area contributed by atoms with Crippen LogP contribution in [0.1, 0.15) is 0 Å². The maximum Gasteiger partial charge on any atom is 0.266 e. The molecule has 0 aliphatic rings. The number of hydrogen-bond acceptors (Lipinski definition) is 10. The van der Waals surface area contributed by atoms with Crippen LogP contribution in [0.25, 0.3) is 68.9 Å². The molecule has 40 heavy (non-hydrogen) atoms. The molecule has 0 N–H and O–H groups in total. The summed E-state index contributed by atoms with van der Waals surface area (Å²) < 4.78 is 12.0. The maximum absolute atomic E-state index is 5.98. The van der Waals surface area contributed by atoms with Gasteiger partial charge in [0.05, 0.1) is 22.8 Å². The molecule has 0 fully saturated rings. The maximum atomic E-state index is 5.98. The molecular formula is C30H18N8O2. The van der Waals surface area contributed by atoms with Gasteiger partial charge >= 0.3 is 0 Å². The minimum Gasteiger partial charge on any atom is -0.415 e. The standard InChI is InChI=1S/C30H18N8O2/c1-3-16-31-21(10-1)23-12-6-14-25(33-23)29-37-35-27(39-29)19-8-5-9-20(18-19)28-36-38-30(40-28)26-15-7-13-24(34-26)22-11-2-4-17-32-22/h1-18H. The minimum atomic E-state index is 0.303. The first-order chi connectivity index (χ1) is 19.8. The molecule has 0 aliphatic carbocycles. The third-order valence-corrected chi connectivity index (χ3v) is 6.00. The Kier molecular flexibility index (Phi) is 5.87. The summed E-state index contributed by atoms with van der Waals surface area (Å²) in [5.41, 5.74) is 5.46. The highest BCUT2D eigenvalue weighted by Gasteiger charge is 2.16. The van der Waals surface area contributed by atoms with Crippen LogP contribution in [0, 0.1) is 0 Å². The molecule has 1 aromatic carbocycles. The Morgan fingerprint density at radius 1 is 0.375 bits per heavy atom. The first-order valence-corrected chi connectivity index (χ1v) is 12.4. The van der Waals surface area contributed by atoms with E-state index in [1.165, 1.54) is 0 Å². The zero-order valence-electron chi connectivity index (χ0n) is 20.8. The second kappa shape index (κ2) is 10.1. The fourth-order valence-electron chi connectivity index (χ4n) is 4.09. The van der Waals surface area contributed by atoms with E-state index in [9.17, 15) is 0 Å². The fraction of sp³-hybridized carbons (Fsp3) is 0. The summed E-state index contributed by atoms with van der Waals surface area (Å²) in [5.74, 6) is 1.28. The van der Waals surface area contributed by atoms with Gasteiger partial charge in [0.15, 0.2) is 0 Å². The van der Waals surface area contributed by atoms with E-state index in [1.54, 1.807) is 12.4 Å². The van der Waals surface area contributed by atoms with Gasteiger partial charge in [0.1, 0.15) is 11.4 Å². The Labute approximate surface area is 227 Å². The molecule has 0 atom stereocenters. The molecule has 0 amide bonds. The second-order valence-corrected chi connectivity index (χ2v) is 8.65. The minimum absolute atomic E-state index is 0.303. The zero-order chi connectivity index (χ0) is 26.7. The van der Waals surface area contributed by atoms with Gasteiger partial charge in [0.25, 0.3) is 11.8 Å². The molecule has 10 heteroatoms. The van der Waals surface area contributed by atoms with Gasteiger partial charge in [-0.25, -0.2) is 9.97 Å². The molecule has 6 heterocycles. The molecule has 0 radical (unpaired) electrons. The molecule has 0 saturated heterocycles. The van der Waals surface area contributed by atoms with Gasteiger partial charge in [-0.3, -0.25) is 9.97 Å². The van der Waals surface area contributed by atoms with E-state index in [4.69, 9.17) is 8.83 Å². The van der Waals surface area contributed by atoms with E-state index < -0.39 is 0 Å². The predicted octanol–water partition coefficient (Wildman–Crippen LogP) is 6.03. The van der Waals surface area contributed by atoms with Crippen LogP contribution >= 0.6 is 0 Å². The molecule has 7 aromatic rings. The summed E-state index contributed by atoms with van der Waals surface area (Å²) in [5, 5.41) is 16.9. The smallest absolute Gasteiger partial charge is 0.266 e. The van der Waals surface area contributed by atoms with E-state index in [0.29, 0.717) is 57.5 Å². The van der Waals surface area contributed by atoms with Crippen molar-refractivity contribution in [2.45, 2.75) is 0 Å². The topological polar surface area (TPSA) is 129 Å². The Morgan fingerprint density at radius 2 is 0.800 bits per heavy atom. The summed E-state index contributed by atoms with van der Waals surface area (Å²) in [6, 6.07) is 29.9. The van der Waals surface area contributed by atoms with Crippen molar-refractivity contribution in [1.29, 1.82) is 0 Å². The van der Waals surface area contributed by atoms with Crippen LogP contribution in [-0.2, 0) is 0 Å². The molecule has 190 valence electrons. The van der Waals surface area contributed by atoms with Crippen LogP contribution in [0.15, 0.2) is 118 Å². The van der Waals surface area contributed by atoms with Crippen molar-refractivity contribution < 1.29 is 8.83 Å². The normalized spacial score (nSPS) is 11.0. The van der Waals surface area contributed by atoms with Crippen LogP contribution < -0.4 is 0 Å². The lowest BCUT2D eigenvalue weighted by Crippen LogP contribution is -1.89. The van der Waals surface area contributed by atoms with Gasteiger partial charge < -0.3 is 8.83 Å². The van der Waals surface area contributed by atoms with Gasteiger partial charge in [-0.2, -0.15) is 0 Å². The van der Waals surface area contributed by atoms with Gasteiger partial charge in [-0.05, 0) is 66.7 Å². The summed E-state index contributed by atoms with van der Waals surface area (Å²) in [6.07, 6.45) is 3.45. The monoisotopic (exact) mass is 522 g/mol. The SMILES string of the molecule is c1ccc(-c2cccc(-c3nnc(-c4cccc(-c5nnc(-c6cccc(-c7ccccn7)n6)o5)c4)o3)n2)nc1. The number of aromatic nitrogens is 8. The third kappa shape index (κ3) is 4.61. The van der Waals surface area contributed by atoms with E-state index in [1.807, 2.05) is 97.1 Å². The van der Waals surface area contributed by atoms with Crippen molar-refractivity contribution in [3.8, 4) is 68.9 Å². The molecule has 0 unspecified atom stereocenters. The molecule has 0 aliphatic heterocycles. The van der Waals surface area contributed by atoms with Crippen molar-refractivity contribution in [1.82, 2.24) is 40.3 Å². The predicted molar refractivity (Wildman–Crippen MR) is 146 cm³/mol. The lowest BCUT2D eigenvalue weighted by Gasteiger charge is -2.01. The first-order valence-electron chi connectivity index (χ1n) is 12.4. The molecule has 10 nitrogen and oxygen atoms in total. The average molecular weight is 523 g/mol. The van der Waals surface area contributed by atoms with Crippen LogP contribution in [-0.4, -0.2) is 40.3 Å². The van der Waals surface area contributed by atoms with Crippen molar-refractivity contribution in [2.24, 2.45) is 0 Å². The van der Waals surface area contributed by atoms with Crippen molar-refractivity contribution in [3.05, 3.63) is 109 Å². The highest BCUT2D eigenvalue weighted by Crippen LogP contribution is 2.29. The quantitative estimate of drug-likeness (QED) is 0.255. The largest absolute Gasteiger partial charge is 0.415 e. The van der Waals surface area contributed by atoms with Gasteiger partial charge in [-0.1, -0.05) is 30.3 Å². The Morgan fingerprint density at radius 3 is 1.27 bits per heavy atom. The van der Waals surface area contributed by atoms with Crippen LogP contribution in [0.4, 0.5) is 0 Å². The summed E-state index contributed by atoms with van der Waals surface area (Å²) >= 11 is 0. The third-order valence-electron chi connectivity index (χ3n) is 6.00. The highest BCUT2D eigenvalue weighted by atomic mass is 16.4. The van der Waals surface area contributed by atoms with E-state index in [-0.39, 0.29) is 0 Å². The van der Waals surface area contributed by atoms with Crippen LogP contribution in [0.2, 0.25) is 0 Å². The Bertz CT molecular complexity index is 1780. The summed E-state index contributed by atoms with van der Waals surface area (Å²) in [7, 11) is 0. The first kappa shape index (κ1) is 23.2. The van der Waals surface area contributed by atoms with Gasteiger partial charge in [-0.15, -0.1) is 20.4 Å².